The molecule has 0 heterocycles. The molecular formula is C40H49N. The van der Waals surface area contributed by atoms with Crippen molar-refractivity contribution in [1.29, 1.82) is 0 Å². The first-order valence-corrected chi connectivity index (χ1v) is 15.7. The molecule has 41 heavy (non-hydrogen) atoms. The van der Waals surface area contributed by atoms with E-state index in [9.17, 15) is 0 Å². The number of allylic oxidation sites excluding steroid dienone is 17. The number of nitrogens with two attached hydrogens (primary N) is 1. The molecule has 2 N–H and O–H groups in total. The molecule has 0 bridgehead atoms. The molecule has 1 unspecified atom stereocenters. The molecule has 0 spiro atoms. The van der Waals surface area contributed by atoms with Crippen molar-refractivity contribution in [2.24, 2.45) is 11.7 Å². The maximum Gasteiger partial charge on any atom is 0.00319 e. The zero-order valence-electron chi connectivity index (χ0n) is 25.6. The maximum absolute atomic E-state index is 6.03. The number of hydrogen-bond acceptors (Lipinski definition) is 1. The quantitative estimate of drug-likeness (QED) is 0.218. The molecule has 1 heteroatoms. The van der Waals surface area contributed by atoms with E-state index in [0.29, 0.717) is 5.92 Å². The fourth-order valence-electron chi connectivity index (χ4n) is 5.91. The molecule has 1 atom stereocenters. The summed E-state index contributed by atoms with van der Waals surface area (Å²) in [4.78, 5) is 0. The number of aryl methyl sites for hydroxylation is 1. The number of benzene rings is 1. The second-order valence-corrected chi connectivity index (χ2v) is 11.6. The third-order valence-corrected chi connectivity index (χ3v) is 8.70. The molecule has 4 rings (SSSR count). The molecule has 0 fully saturated rings. The summed E-state index contributed by atoms with van der Waals surface area (Å²) in [6, 6.07) is 6.79. The monoisotopic (exact) mass is 543 g/mol. The van der Waals surface area contributed by atoms with E-state index in [-0.39, 0.29) is 0 Å². The Morgan fingerprint density at radius 1 is 0.976 bits per heavy atom. The van der Waals surface area contributed by atoms with Crippen LogP contribution in [0.25, 0.3) is 11.6 Å². The summed E-state index contributed by atoms with van der Waals surface area (Å²) in [5.41, 5.74) is 19.5. The standard InChI is InChI=1S/C40H49N/c1-5-30(3)27-33(6-2)39(29-41)18-12-13-32-20-22-36(23-21-32)40(35-15-8-7-9-16-35)26-19-31(4)37-25-24-34-14-10-11-17-38(34)28-37/h8,10,12,14-15,18-20,22,24-29,33H,4-7,9,11,13,16-17,21,23,41H2,1-3H3/b18-12-,26-19-,30-27-,39-29+,40-35+. The van der Waals surface area contributed by atoms with Crippen LogP contribution in [0, 0.1) is 5.92 Å². The Bertz CT molecular complexity index is 1380. The number of rotatable bonds is 11. The van der Waals surface area contributed by atoms with Crippen LogP contribution >= 0.6 is 0 Å². The third kappa shape index (κ3) is 8.46. The SMILES string of the molecule is C=C(/C=C\C(C1=CC=C(C/C=C\C(=C/N)C(/C=C(/C)CC)CC)CC1)=C1\C=CCCC1)c1ccc2c(c1)CCC=C2. The largest absolute Gasteiger partial charge is 0.404 e. The summed E-state index contributed by atoms with van der Waals surface area (Å²) in [5, 5.41) is 0. The topological polar surface area (TPSA) is 26.0 Å². The molecule has 0 radical (unpaired) electrons. The molecule has 0 aromatic heterocycles. The number of hydrogen-bond donors (Lipinski definition) is 1. The molecule has 1 aromatic carbocycles. The highest BCUT2D eigenvalue weighted by Crippen LogP contribution is 2.33. The van der Waals surface area contributed by atoms with Gasteiger partial charge >= 0.3 is 0 Å². The first-order valence-electron chi connectivity index (χ1n) is 15.7. The highest BCUT2D eigenvalue weighted by atomic mass is 14.5. The molecule has 0 saturated carbocycles. The first kappa shape index (κ1) is 30.4. The molecule has 3 aliphatic carbocycles. The van der Waals surface area contributed by atoms with Crippen LogP contribution < -0.4 is 5.73 Å². The summed E-state index contributed by atoms with van der Waals surface area (Å²) in [7, 11) is 0. The van der Waals surface area contributed by atoms with Gasteiger partial charge in [-0.3, -0.25) is 0 Å². The Labute approximate surface area is 249 Å². The van der Waals surface area contributed by atoms with Gasteiger partial charge < -0.3 is 5.73 Å². The van der Waals surface area contributed by atoms with Gasteiger partial charge in [0.2, 0.25) is 0 Å². The fourth-order valence-corrected chi connectivity index (χ4v) is 5.91. The van der Waals surface area contributed by atoms with Crippen molar-refractivity contribution in [1.82, 2.24) is 0 Å². The lowest BCUT2D eigenvalue weighted by Crippen LogP contribution is -2.02. The van der Waals surface area contributed by atoms with Crippen LogP contribution in [-0.2, 0) is 6.42 Å². The van der Waals surface area contributed by atoms with Gasteiger partial charge in [0, 0.05) is 5.92 Å². The van der Waals surface area contributed by atoms with Gasteiger partial charge in [-0.05, 0) is 122 Å². The molecule has 1 aromatic rings. The molecule has 214 valence electrons. The van der Waals surface area contributed by atoms with E-state index in [1.165, 1.54) is 63.0 Å². The second kappa shape index (κ2) is 15.4. The van der Waals surface area contributed by atoms with Crippen molar-refractivity contribution in [2.75, 3.05) is 0 Å². The molecule has 0 amide bonds. The lowest BCUT2D eigenvalue weighted by Gasteiger charge is -2.19. The summed E-state index contributed by atoms with van der Waals surface area (Å²) in [6.07, 6.45) is 38.2. The van der Waals surface area contributed by atoms with E-state index in [4.69, 9.17) is 5.73 Å². The zero-order chi connectivity index (χ0) is 29.0. The van der Waals surface area contributed by atoms with Crippen LogP contribution in [0.4, 0.5) is 0 Å². The van der Waals surface area contributed by atoms with Gasteiger partial charge in [0.05, 0.1) is 0 Å². The van der Waals surface area contributed by atoms with E-state index in [0.717, 1.165) is 56.9 Å². The van der Waals surface area contributed by atoms with Crippen molar-refractivity contribution in [3.05, 3.63) is 142 Å². The Kier molecular flexibility index (Phi) is 11.4. The minimum absolute atomic E-state index is 0.389. The normalized spacial score (nSPS) is 19.8. The van der Waals surface area contributed by atoms with E-state index in [1.807, 2.05) is 0 Å². The van der Waals surface area contributed by atoms with Gasteiger partial charge in [-0.1, -0.05) is 117 Å². The van der Waals surface area contributed by atoms with Crippen molar-refractivity contribution in [3.8, 4) is 0 Å². The molecule has 0 aliphatic heterocycles. The summed E-state index contributed by atoms with van der Waals surface area (Å²) in [5.74, 6) is 0.389. The Balaban J connectivity index is 1.49. The lowest BCUT2D eigenvalue weighted by molar-refractivity contribution is 0.730. The Hall–Kier alpha value is -3.58. The fraction of sp³-hybridized carbons (Fsp3) is 0.350. The van der Waals surface area contributed by atoms with Gasteiger partial charge in [0.1, 0.15) is 0 Å². The van der Waals surface area contributed by atoms with Gasteiger partial charge in [-0.15, -0.1) is 0 Å². The first-order chi connectivity index (χ1) is 20.0. The molecule has 3 aliphatic rings. The maximum atomic E-state index is 6.03. The molecule has 0 saturated heterocycles. The van der Waals surface area contributed by atoms with Crippen LogP contribution in [0.15, 0.2) is 125 Å². The molecular weight excluding hydrogens is 494 g/mol. The van der Waals surface area contributed by atoms with Crippen molar-refractivity contribution < 1.29 is 0 Å². The third-order valence-electron chi connectivity index (χ3n) is 8.70. The van der Waals surface area contributed by atoms with Gasteiger partial charge in [-0.2, -0.15) is 0 Å². The van der Waals surface area contributed by atoms with E-state index >= 15 is 0 Å². The van der Waals surface area contributed by atoms with E-state index < -0.39 is 0 Å². The van der Waals surface area contributed by atoms with Crippen LogP contribution in [0.1, 0.15) is 95.2 Å². The predicted octanol–water partition coefficient (Wildman–Crippen LogP) is 11.1. The number of fused-ring (bicyclic) bond motifs is 1. The summed E-state index contributed by atoms with van der Waals surface area (Å²) >= 11 is 0. The lowest BCUT2D eigenvalue weighted by atomic mass is 9.86. The highest BCUT2D eigenvalue weighted by Gasteiger charge is 2.14. The van der Waals surface area contributed by atoms with E-state index in [1.54, 1.807) is 6.20 Å². The van der Waals surface area contributed by atoms with Crippen molar-refractivity contribution in [2.45, 2.75) is 85.0 Å². The van der Waals surface area contributed by atoms with Crippen LogP contribution in [0.2, 0.25) is 0 Å². The van der Waals surface area contributed by atoms with E-state index in [2.05, 4.69) is 112 Å². The average Bonchev–Trinajstić information content (AvgIpc) is 3.03. The smallest absolute Gasteiger partial charge is 0.00319 e. The van der Waals surface area contributed by atoms with Crippen molar-refractivity contribution >= 4 is 11.6 Å². The van der Waals surface area contributed by atoms with Crippen LogP contribution in [-0.4, -0.2) is 0 Å². The van der Waals surface area contributed by atoms with Gasteiger partial charge in [0.15, 0.2) is 0 Å². The molecule has 1 nitrogen and oxygen atoms in total. The Morgan fingerprint density at radius 3 is 2.54 bits per heavy atom. The van der Waals surface area contributed by atoms with Gasteiger partial charge in [-0.25, -0.2) is 0 Å². The summed E-state index contributed by atoms with van der Waals surface area (Å²) in [6.45, 7) is 11.1. The van der Waals surface area contributed by atoms with Crippen molar-refractivity contribution in [3.63, 3.8) is 0 Å². The van der Waals surface area contributed by atoms with Crippen LogP contribution in [0.5, 0.6) is 0 Å². The Morgan fingerprint density at radius 2 is 1.83 bits per heavy atom. The van der Waals surface area contributed by atoms with Crippen LogP contribution in [0.3, 0.4) is 0 Å². The van der Waals surface area contributed by atoms with Gasteiger partial charge in [0.25, 0.3) is 0 Å². The minimum atomic E-state index is 0.389. The average molecular weight is 544 g/mol. The minimum Gasteiger partial charge on any atom is -0.404 e. The highest BCUT2D eigenvalue weighted by molar-refractivity contribution is 5.75. The summed E-state index contributed by atoms with van der Waals surface area (Å²) < 4.78 is 0. The second-order valence-electron chi connectivity index (χ2n) is 11.6. The predicted molar refractivity (Wildman–Crippen MR) is 181 cm³/mol. The zero-order valence-corrected chi connectivity index (χ0v) is 25.6.